The smallest absolute Gasteiger partial charge is 0.100 e. The number of benzene rings is 1. The summed E-state index contributed by atoms with van der Waals surface area (Å²) in [7, 11) is 0. The summed E-state index contributed by atoms with van der Waals surface area (Å²) in [5.74, 6) is 0.271. The minimum atomic E-state index is 0.271. The van der Waals surface area contributed by atoms with Crippen LogP contribution in [0, 0.1) is 0 Å². The predicted octanol–water partition coefficient (Wildman–Crippen LogP) is 3.16. The Labute approximate surface area is 116 Å². The second-order valence-electron chi connectivity index (χ2n) is 4.29. The Kier molecular flexibility index (Phi) is 3.90. The van der Waals surface area contributed by atoms with Crippen molar-refractivity contribution in [1.29, 1.82) is 0 Å². The molecule has 18 heavy (non-hydrogen) atoms. The fourth-order valence-electron chi connectivity index (χ4n) is 1.85. The summed E-state index contributed by atoms with van der Waals surface area (Å²) >= 11 is 11.9. The van der Waals surface area contributed by atoms with Crippen molar-refractivity contribution in [2.24, 2.45) is 5.73 Å². The Bertz CT molecular complexity index is 563. The molecule has 6 heteroatoms. The van der Waals surface area contributed by atoms with Crippen molar-refractivity contribution in [1.82, 2.24) is 15.0 Å². The lowest BCUT2D eigenvalue weighted by Gasteiger charge is -2.11. The second kappa shape index (κ2) is 5.26. The molecule has 1 aromatic heterocycles. The van der Waals surface area contributed by atoms with Crippen LogP contribution in [0.5, 0.6) is 0 Å². The number of hydrogen-bond donors (Lipinski definition) is 1. The Morgan fingerprint density at radius 3 is 2.56 bits per heavy atom. The minimum Gasteiger partial charge on any atom is -0.325 e. The Hall–Kier alpha value is -1.10. The van der Waals surface area contributed by atoms with E-state index >= 15 is 0 Å². The van der Waals surface area contributed by atoms with E-state index in [0.717, 1.165) is 17.1 Å². The van der Waals surface area contributed by atoms with Crippen LogP contribution in [0.3, 0.4) is 0 Å². The van der Waals surface area contributed by atoms with Gasteiger partial charge in [0.2, 0.25) is 0 Å². The molecule has 0 spiro atoms. The second-order valence-corrected chi connectivity index (χ2v) is 5.10. The third kappa shape index (κ3) is 2.36. The van der Waals surface area contributed by atoms with Crippen LogP contribution < -0.4 is 5.73 Å². The van der Waals surface area contributed by atoms with Crippen LogP contribution in [0.25, 0.3) is 5.69 Å². The Morgan fingerprint density at radius 1 is 1.28 bits per heavy atom. The summed E-state index contributed by atoms with van der Waals surface area (Å²) in [6, 6.07) is 5.37. The maximum Gasteiger partial charge on any atom is 0.100 e. The number of hydrogen-bond acceptors (Lipinski definition) is 3. The van der Waals surface area contributed by atoms with Crippen LogP contribution in [-0.4, -0.2) is 15.0 Å². The first-order valence-electron chi connectivity index (χ1n) is 5.64. The largest absolute Gasteiger partial charge is 0.325 e. The van der Waals surface area contributed by atoms with Crippen molar-refractivity contribution in [2.75, 3.05) is 0 Å². The summed E-state index contributed by atoms with van der Waals surface area (Å²) in [6.07, 6.45) is 0. The molecule has 0 amide bonds. The third-order valence-corrected chi connectivity index (χ3v) is 3.41. The number of rotatable bonds is 3. The van der Waals surface area contributed by atoms with E-state index < -0.39 is 0 Å². The summed E-state index contributed by atoms with van der Waals surface area (Å²) in [6.45, 7) is 4.52. The first-order valence-corrected chi connectivity index (χ1v) is 6.40. The molecule has 0 saturated heterocycles. The van der Waals surface area contributed by atoms with E-state index in [2.05, 4.69) is 24.2 Å². The summed E-state index contributed by atoms with van der Waals surface area (Å²) < 4.78 is 1.76. The van der Waals surface area contributed by atoms with Crippen LogP contribution >= 0.6 is 23.2 Å². The lowest BCUT2D eigenvalue weighted by atomic mass is 10.1. The van der Waals surface area contributed by atoms with Gasteiger partial charge in [0.15, 0.2) is 0 Å². The highest BCUT2D eigenvalue weighted by Gasteiger charge is 2.16. The van der Waals surface area contributed by atoms with Gasteiger partial charge in [-0.05, 0) is 24.1 Å². The number of aromatic nitrogens is 3. The van der Waals surface area contributed by atoms with Crippen LogP contribution in [-0.2, 0) is 6.54 Å². The highest BCUT2D eigenvalue weighted by atomic mass is 35.5. The van der Waals surface area contributed by atoms with Gasteiger partial charge in [0, 0.05) is 6.54 Å². The van der Waals surface area contributed by atoms with Gasteiger partial charge in [-0.25, -0.2) is 4.68 Å². The fourth-order valence-corrected chi connectivity index (χ4v) is 2.14. The van der Waals surface area contributed by atoms with Crippen LogP contribution in [0.15, 0.2) is 18.2 Å². The standard InChI is InChI=1S/C12H14Cl2N4/c1-7(2)12-11(6-15)16-17-18(12)8-3-4-9(13)10(14)5-8/h3-5,7H,6,15H2,1-2H3. The average molecular weight is 285 g/mol. The van der Waals surface area contributed by atoms with Crippen LogP contribution in [0.2, 0.25) is 10.0 Å². The Morgan fingerprint density at radius 2 is 2.00 bits per heavy atom. The van der Waals surface area contributed by atoms with Gasteiger partial charge in [-0.3, -0.25) is 0 Å². The van der Waals surface area contributed by atoms with E-state index in [0.29, 0.717) is 16.6 Å². The SMILES string of the molecule is CC(C)c1c(CN)nnn1-c1ccc(Cl)c(Cl)c1. The number of nitrogens with two attached hydrogens (primary N) is 1. The van der Waals surface area contributed by atoms with E-state index in [1.165, 1.54) is 0 Å². The zero-order chi connectivity index (χ0) is 13.3. The highest BCUT2D eigenvalue weighted by Crippen LogP contribution is 2.27. The normalized spacial score (nSPS) is 11.2. The molecule has 1 heterocycles. The number of halogens is 2. The molecule has 0 atom stereocenters. The average Bonchev–Trinajstić information content (AvgIpc) is 2.76. The maximum atomic E-state index is 6.02. The summed E-state index contributed by atoms with van der Waals surface area (Å²) in [4.78, 5) is 0. The molecular formula is C12H14Cl2N4. The molecule has 0 bridgehead atoms. The topological polar surface area (TPSA) is 56.7 Å². The molecule has 0 saturated carbocycles. The lowest BCUT2D eigenvalue weighted by Crippen LogP contribution is -2.07. The molecule has 1 aromatic carbocycles. The summed E-state index contributed by atoms with van der Waals surface area (Å²) in [5, 5.41) is 9.24. The molecule has 2 N–H and O–H groups in total. The van der Waals surface area contributed by atoms with Crippen molar-refractivity contribution in [3.63, 3.8) is 0 Å². The highest BCUT2D eigenvalue weighted by molar-refractivity contribution is 6.42. The van der Waals surface area contributed by atoms with Gasteiger partial charge >= 0.3 is 0 Å². The molecule has 2 rings (SSSR count). The van der Waals surface area contributed by atoms with Gasteiger partial charge in [0.1, 0.15) is 5.69 Å². The molecular weight excluding hydrogens is 271 g/mol. The van der Waals surface area contributed by atoms with E-state index in [1.807, 2.05) is 6.07 Å². The molecule has 0 aliphatic heterocycles. The monoisotopic (exact) mass is 284 g/mol. The molecule has 0 unspecified atom stereocenters. The molecule has 4 nitrogen and oxygen atoms in total. The van der Waals surface area contributed by atoms with Crippen LogP contribution in [0.4, 0.5) is 0 Å². The zero-order valence-electron chi connectivity index (χ0n) is 10.2. The van der Waals surface area contributed by atoms with E-state index in [-0.39, 0.29) is 5.92 Å². The third-order valence-electron chi connectivity index (χ3n) is 2.67. The van der Waals surface area contributed by atoms with E-state index in [9.17, 15) is 0 Å². The molecule has 0 fully saturated rings. The Balaban J connectivity index is 2.56. The molecule has 0 radical (unpaired) electrons. The maximum absolute atomic E-state index is 6.02. The quantitative estimate of drug-likeness (QED) is 0.942. The van der Waals surface area contributed by atoms with Gasteiger partial charge in [-0.15, -0.1) is 5.10 Å². The van der Waals surface area contributed by atoms with Gasteiger partial charge in [-0.1, -0.05) is 42.3 Å². The molecule has 0 aliphatic rings. The first-order chi connectivity index (χ1) is 8.54. The van der Waals surface area contributed by atoms with Crippen LogP contribution in [0.1, 0.15) is 31.2 Å². The minimum absolute atomic E-state index is 0.271. The van der Waals surface area contributed by atoms with Gasteiger partial charge in [-0.2, -0.15) is 0 Å². The van der Waals surface area contributed by atoms with E-state index in [1.54, 1.807) is 16.8 Å². The summed E-state index contributed by atoms with van der Waals surface area (Å²) in [5.41, 5.74) is 8.30. The van der Waals surface area contributed by atoms with Crippen molar-refractivity contribution in [3.8, 4) is 5.69 Å². The number of nitrogens with zero attached hydrogens (tertiary/aromatic N) is 3. The van der Waals surface area contributed by atoms with Crippen molar-refractivity contribution >= 4 is 23.2 Å². The molecule has 0 aliphatic carbocycles. The predicted molar refractivity (Wildman–Crippen MR) is 73.4 cm³/mol. The first kappa shape index (κ1) is 13.3. The molecule has 2 aromatic rings. The lowest BCUT2D eigenvalue weighted by molar-refractivity contribution is 0.714. The van der Waals surface area contributed by atoms with Crippen molar-refractivity contribution < 1.29 is 0 Å². The van der Waals surface area contributed by atoms with Gasteiger partial charge in [0.25, 0.3) is 0 Å². The van der Waals surface area contributed by atoms with Crippen molar-refractivity contribution in [3.05, 3.63) is 39.6 Å². The van der Waals surface area contributed by atoms with E-state index in [4.69, 9.17) is 28.9 Å². The fraction of sp³-hybridized carbons (Fsp3) is 0.333. The van der Waals surface area contributed by atoms with Crippen molar-refractivity contribution in [2.45, 2.75) is 26.3 Å². The van der Waals surface area contributed by atoms with Gasteiger partial charge < -0.3 is 5.73 Å². The zero-order valence-corrected chi connectivity index (χ0v) is 11.7. The molecule has 96 valence electrons. The van der Waals surface area contributed by atoms with Gasteiger partial charge in [0.05, 0.1) is 21.4 Å².